The fraction of sp³-hybridized carbons (Fsp3) is 0.188. The Morgan fingerprint density at radius 2 is 1.79 bits per heavy atom. The van der Waals surface area contributed by atoms with Crippen molar-refractivity contribution in [2.45, 2.75) is 18.2 Å². The van der Waals surface area contributed by atoms with E-state index in [1.807, 2.05) is 61.7 Å². The Bertz CT molecular complexity index is 563. The number of benzene rings is 2. The van der Waals surface area contributed by atoms with Gasteiger partial charge in [-0.2, -0.15) is 0 Å². The fourth-order valence-electron chi connectivity index (χ4n) is 1.86. The smallest absolute Gasteiger partial charge is 0.228 e. The highest BCUT2D eigenvalue weighted by atomic mass is 32.2. The molecule has 2 aromatic carbocycles. The first kappa shape index (κ1) is 13.7. The van der Waals surface area contributed by atoms with Crippen LogP contribution in [0.25, 0.3) is 0 Å². The molecule has 0 atom stereocenters. The number of aryl methyl sites for hydroxylation is 1. The molecule has 2 rings (SSSR count). The molecule has 1 N–H and O–H groups in total. The summed E-state index contributed by atoms with van der Waals surface area (Å²) in [6.07, 6.45) is 2.45. The van der Waals surface area contributed by atoms with Crippen LogP contribution in [0, 0.1) is 6.92 Å². The van der Waals surface area contributed by atoms with Crippen LogP contribution in [0.3, 0.4) is 0 Å². The molecule has 0 saturated heterocycles. The highest BCUT2D eigenvalue weighted by Gasteiger charge is 2.05. The molecule has 0 saturated carbocycles. The third kappa shape index (κ3) is 3.86. The van der Waals surface area contributed by atoms with Crippen molar-refractivity contribution < 1.29 is 4.79 Å². The first-order valence-electron chi connectivity index (χ1n) is 6.17. The van der Waals surface area contributed by atoms with E-state index < -0.39 is 0 Å². The lowest BCUT2D eigenvalue weighted by molar-refractivity contribution is -0.115. The van der Waals surface area contributed by atoms with Gasteiger partial charge in [-0.3, -0.25) is 4.79 Å². The molecular formula is C16H17NOS. The lowest BCUT2D eigenvalue weighted by Crippen LogP contribution is -2.14. The molecule has 0 spiro atoms. The van der Waals surface area contributed by atoms with Gasteiger partial charge in [-0.1, -0.05) is 24.3 Å². The molecule has 2 nitrogen and oxygen atoms in total. The summed E-state index contributed by atoms with van der Waals surface area (Å²) in [5.41, 5.74) is 3.06. The summed E-state index contributed by atoms with van der Waals surface area (Å²) in [6.45, 7) is 2.02. The van der Waals surface area contributed by atoms with Gasteiger partial charge in [0.25, 0.3) is 0 Å². The monoisotopic (exact) mass is 271 g/mol. The van der Waals surface area contributed by atoms with Crippen LogP contribution in [-0.4, -0.2) is 12.2 Å². The minimum atomic E-state index is 0.0196. The van der Waals surface area contributed by atoms with Crippen LogP contribution in [0.4, 0.5) is 5.69 Å². The quantitative estimate of drug-likeness (QED) is 0.855. The molecule has 0 unspecified atom stereocenters. The summed E-state index contributed by atoms with van der Waals surface area (Å²) in [6, 6.07) is 15.8. The number of rotatable bonds is 4. The van der Waals surface area contributed by atoms with Crippen molar-refractivity contribution in [3.8, 4) is 0 Å². The van der Waals surface area contributed by atoms with E-state index in [0.717, 1.165) is 16.8 Å². The van der Waals surface area contributed by atoms with E-state index in [4.69, 9.17) is 0 Å². The second kappa shape index (κ2) is 6.43. The lowest BCUT2D eigenvalue weighted by atomic mass is 10.1. The van der Waals surface area contributed by atoms with Gasteiger partial charge in [0.1, 0.15) is 0 Å². The standard InChI is InChI=1S/C16H17NOS/c1-12-5-3-4-6-13(12)11-16(18)17-14-7-9-15(19-2)10-8-14/h3-10H,11H2,1-2H3,(H,17,18). The van der Waals surface area contributed by atoms with Crippen molar-refractivity contribution >= 4 is 23.4 Å². The maximum atomic E-state index is 12.0. The average molecular weight is 271 g/mol. The zero-order valence-corrected chi connectivity index (χ0v) is 12.0. The molecule has 19 heavy (non-hydrogen) atoms. The van der Waals surface area contributed by atoms with Crippen LogP contribution in [0.2, 0.25) is 0 Å². The van der Waals surface area contributed by atoms with Crippen molar-refractivity contribution in [1.82, 2.24) is 0 Å². The van der Waals surface area contributed by atoms with Crippen LogP contribution in [0.5, 0.6) is 0 Å². The van der Waals surface area contributed by atoms with Gasteiger partial charge in [-0.15, -0.1) is 11.8 Å². The Kier molecular flexibility index (Phi) is 4.63. The largest absolute Gasteiger partial charge is 0.326 e. The summed E-state index contributed by atoms with van der Waals surface area (Å²) in [5, 5.41) is 2.92. The number of amides is 1. The Labute approximate surface area is 118 Å². The van der Waals surface area contributed by atoms with Gasteiger partial charge < -0.3 is 5.32 Å². The van der Waals surface area contributed by atoms with Crippen LogP contribution >= 0.6 is 11.8 Å². The first-order valence-corrected chi connectivity index (χ1v) is 7.40. The first-order chi connectivity index (χ1) is 9.19. The number of hydrogen-bond donors (Lipinski definition) is 1. The van der Waals surface area contributed by atoms with Crippen molar-refractivity contribution in [2.24, 2.45) is 0 Å². The maximum Gasteiger partial charge on any atom is 0.228 e. The summed E-state index contributed by atoms with van der Waals surface area (Å²) in [7, 11) is 0. The molecule has 98 valence electrons. The average Bonchev–Trinajstić information content (AvgIpc) is 2.42. The van der Waals surface area contributed by atoms with E-state index in [9.17, 15) is 4.79 Å². The van der Waals surface area contributed by atoms with Crippen LogP contribution in [-0.2, 0) is 11.2 Å². The number of hydrogen-bond acceptors (Lipinski definition) is 2. The van der Waals surface area contributed by atoms with E-state index in [1.54, 1.807) is 11.8 Å². The van der Waals surface area contributed by atoms with E-state index in [2.05, 4.69) is 5.32 Å². The zero-order chi connectivity index (χ0) is 13.7. The predicted octanol–water partition coefficient (Wildman–Crippen LogP) is 3.90. The summed E-state index contributed by atoms with van der Waals surface area (Å²) < 4.78 is 0. The number of thioether (sulfide) groups is 1. The summed E-state index contributed by atoms with van der Waals surface area (Å²) in [4.78, 5) is 13.2. The molecule has 0 aliphatic rings. The highest BCUT2D eigenvalue weighted by Crippen LogP contribution is 2.17. The molecule has 3 heteroatoms. The third-order valence-corrected chi connectivity index (χ3v) is 3.73. The van der Waals surface area contributed by atoms with Crippen molar-refractivity contribution in [2.75, 3.05) is 11.6 Å². The van der Waals surface area contributed by atoms with E-state index in [0.29, 0.717) is 6.42 Å². The fourth-order valence-corrected chi connectivity index (χ4v) is 2.27. The van der Waals surface area contributed by atoms with Gasteiger partial charge in [0.2, 0.25) is 5.91 Å². The molecule has 0 radical (unpaired) electrons. The molecular weight excluding hydrogens is 254 g/mol. The van der Waals surface area contributed by atoms with Crippen LogP contribution in [0.15, 0.2) is 53.4 Å². The van der Waals surface area contributed by atoms with Crippen molar-refractivity contribution in [3.05, 3.63) is 59.7 Å². The predicted molar refractivity (Wildman–Crippen MR) is 81.7 cm³/mol. The SMILES string of the molecule is CSc1ccc(NC(=O)Cc2ccccc2C)cc1. The minimum Gasteiger partial charge on any atom is -0.326 e. The number of anilines is 1. The topological polar surface area (TPSA) is 29.1 Å². The number of carbonyl (C=O) groups excluding carboxylic acids is 1. The second-order valence-electron chi connectivity index (χ2n) is 4.38. The van der Waals surface area contributed by atoms with Crippen molar-refractivity contribution in [3.63, 3.8) is 0 Å². The minimum absolute atomic E-state index is 0.0196. The lowest BCUT2D eigenvalue weighted by Gasteiger charge is -2.07. The van der Waals surface area contributed by atoms with E-state index in [1.165, 1.54) is 4.90 Å². The molecule has 0 aromatic heterocycles. The van der Waals surface area contributed by atoms with Gasteiger partial charge in [0, 0.05) is 10.6 Å². The summed E-state index contributed by atoms with van der Waals surface area (Å²) >= 11 is 1.69. The second-order valence-corrected chi connectivity index (χ2v) is 5.26. The third-order valence-electron chi connectivity index (χ3n) is 2.99. The number of nitrogens with one attached hydrogen (secondary N) is 1. The highest BCUT2D eigenvalue weighted by molar-refractivity contribution is 7.98. The Balaban J connectivity index is 1.99. The molecule has 0 aliphatic heterocycles. The van der Waals surface area contributed by atoms with Gasteiger partial charge in [-0.05, 0) is 48.6 Å². The van der Waals surface area contributed by atoms with Gasteiger partial charge >= 0.3 is 0 Å². The van der Waals surface area contributed by atoms with Crippen molar-refractivity contribution in [1.29, 1.82) is 0 Å². The zero-order valence-electron chi connectivity index (χ0n) is 11.1. The Morgan fingerprint density at radius 1 is 1.11 bits per heavy atom. The summed E-state index contributed by atoms with van der Waals surface area (Å²) in [5.74, 6) is 0.0196. The molecule has 0 bridgehead atoms. The number of carbonyl (C=O) groups is 1. The molecule has 0 aliphatic carbocycles. The van der Waals surface area contributed by atoms with Crippen LogP contribution in [0.1, 0.15) is 11.1 Å². The Hall–Kier alpha value is -1.74. The van der Waals surface area contributed by atoms with Crippen LogP contribution < -0.4 is 5.32 Å². The van der Waals surface area contributed by atoms with E-state index >= 15 is 0 Å². The Morgan fingerprint density at radius 3 is 2.42 bits per heavy atom. The van der Waals surface area contributed by atoms with Gasteiger partial charge in [0.05, 0.1) is 6.42 Å². The molecule has 2 aromatic rings. The van der Waals surface area contributed by atoms with E-state index in [-0.39, 0.29) is 5.91 Å². The molecule has 0 fully saturated rings. The van der Waals surface area contributed by atoms with Gasteiger partial charge in [0.15, 0.2) is 0 Å². The molecule has 0 heterocycles. The normalized spacial score (nSPS) is 10.2. The van der Waals surface area contributed by atoms with Gasteiger partial charge in [-0.25, -0.2) is 0 Å². The molecule has 1 amide bonds. The maximum absolute atomic E-state index is 12.0.